The number of H-pyrrole nitrogens is 1. The fourth-order valence-corrected chi connectivity index (χ4v) is 2.44. The molecule has 0 aliphatic carbocycles. The van der Waals surface area contributed by atoms with Crippen LogP contribution in [0.3, 0.4) is 0 Å². The van der Waals surface area contributed by atoms with Crippen molar-refractivity contribution in [3.05, 3.63) is 82.4 Å². The van der Waals surface area contributed by atoms with Crippen molar-refractivity contribution in [3.8, 4) is 0 Å². The van der Waals surface area contributed by atoms with Crippen LogP contribution in [0.5, 0.6) is 0 Å². The molecule has 0 aliphatic heterocycles. The molecule has 0 aliphatic rings. The van der Waals surface area contributed by atoms with E-state index in [0.29, 0.717) is 6.54 Å². The SMILES string of the molecule is Cc1nc([C@@H](NCc2ccc(Cl)cc2)c2ccccc2)n[nH]1. The maximum absolute atomic E-state index is 5.92. The molecule has 3 aromatic rings. The molecule has 5 heteroatoms. The number of rotatable bonds is 5. The standard InChI is InChI=1S/C17H17ClN4/c1-12-20-17(22-21-12)16(14-5-3-2-4-6-14)19-11-13-7-9-15(18)10-8-13/h2-10,16,19H,11H2,1H3,(H,20,21,22)/t16-/m0/s1. The molecule has 22 heavy (non-hydrogen) atoms. The summed E-state index contributed by atoms with van der Waals surface area (Å²) in [5, 5.41) is 11.5. The molecule has 0 radical (unpaired) electrons. The van der Waals surface area contributed by atoms with Gasteiger partial charge < -0.3 is 0 Å². The van der Waals surface area contributed by atoms with E-state index in [2.05, 4.69) is 32.6 Å². The van der Waals surface area contributed by atoms with Gasteiger partial charge in [-0.05, 0) is 30.2 Å². The summed E-state index contributed by atoms with van der Waals surface area (Å²) in [5.74, 6) is 1.56. The lowest BCUT2D eigenvalue weighted by Crippen LogP contribution is -2.23. The highest BCUT2D eigenvalue weighted by Gasteiger charge is 2.17. The number of aromatic nitrogens is 3. The van der Waals surface area contributed by atoms with Crippen molar-refractivity contribution < 1.29 is 0 Å². The van der Waals surface area contributed by atoms with Crippen molar-refractivity contribution in [3.63, 3.8) is 0 Å². The van der Waals surface area contributed by atoms with E-state index in [1.165, 1.54) is 0 Å². The minimum atomic E-state index is -0.0539. The number of aromatic amines is 1. The Balaban J connectivity index is 1.81. The minimum Gasteiger partial charge on any atom is -0.299 e. The van der Waals surface area contributed by atoms with Crippen LogP contribution in [-0.4, -0.2) is 15.2 Å². The second-order valence-corrected chi connectivity index (χ2v) is 5.57. The number of nitrogens with zero attached hydrogens (tertiary/aromatic N) is 2. The molecule has 0 spiro atoms. The zero-order chi connectivity index (χ0) is 15.4. The lowest BCUT2D eigenvalue weighted by Gasteiger charge is -2.16. The molecule has 0 fully saturated rings. The number of benzene rings is 2. The maximum atomic E-state index is 5.92. The Hall–Kier alpha value is -2.17. The predicted molar refractivity (Wildman–Crippen MR) is 87.7 cm³/mol. The first kappa shape index (κ1) is 14.8. The molecule has 2 aromatic carbocycles. The molecule has 1 aromatic heterocycles. The lowest BCUT2D eigenvalue weighted by molar-refractivity contribution is 0.577. The van der Waals surface area contributed by atoms with Crippen LogP contribution in [-0.2, 0) is 6.54 Å². The number of nitrogens with one attached hydrogen (secondary N) is 2. The first-order valence-electron chi connectivity index (χ1n) is 7.14. The maximum Gasteiger partial charge on any atom is 0.172 e. The zero-order valence-corrected chi connectivity index (χ0v) is 13.0. The van der Waals surface area contributed by atoms with Crippen molar-refractivity contribution in [2.75, 3.05) is 0 Å². The second kappa shape index (κ2) is 6.73. The highest BCUT2D eigenvalue weighted by atomic mass is 35.5. The fraction of sp³-hybridized carbons (Fsp3) is 0.176. The van der Waals surface area contributed by atoms with Crippen LogP contribution < -0.4 is 5.32 Å². The molecule has 0 saturated carbocycles. The van der Waals surface area contributed by atoms with Crippen LogP contribution in [0.2, 0.25) is 5.02 Å². The lowest BCUT2D eigenvalue weighted by atomic mass is 10.1. The molecule has 4 nitrogen and oxygen atoms in total. The van der Waals surface area contributed by atoms with Gasteiger partial charge in [0.25, 0.3) is 0 Å². The quantitative estimate of drug-likeness (QED) is 0.756. The molecule has 0 unspecified atom stereocenters. The van der Waals surface area contributed by atoms with E-state index in [9.17, 15) is 0 Å². The molecule has 1 heterocycles. The molecular weight excluding hydrogens is 296 g/mol. The Morgan fingerprint density at radius 2 is 1.82 bits per heavy atom. The second-order valence-electron chi connectivity index (χ2n) is 5.13. The number of halogens is 1. The van der Waals surface area contributed by atoms with Crippen LogP contribution in [0.15, 0.2) is 54.6 Å². The highest BCUT2D eigenvalue weighted by molar-refractivity contribution is 6.30. The van der Waals surface area contributed by atoms with Crippen molar-refractivity contribution in [2.24, 2.45) is 0 Å². The van der Waals surface area contributed by atoms with Crippen molar-refractivity contribution in [1.29, 1.82) is 0 Å². The monoisotopic (exact) mass is 312 g/mol. The molecule has 112 valence electrons. The van der Waals surface area contributed by atoms with Gasteiger partial charge in [0.15, 0.2) is 5.82 Å². The smallest absolute Gasteiger partial charge is 0.172 e. The molecule has 0 amide bonds. The third-order valence-corrected chi connectivity index (χ3v) is 3.68. The average Bonchev–Trinajstić information content (AvgIpc) is 2.97. The number of hydrogen-bond acceptors (Lipinski definition) is 3. The predicted octanol–water partition coefficient (Wildman–Crippen LogP) is 3.65. The topological polar surface area (TPSA) is 53.6 Å². The van der Waals surface area contributed by atoms with E-state index in [1.54, 1.807) is 0 Å². The summed E-state index contributed by atoms with van der Waals surface area (Å²) in [6.45, 7) is 2.61. The first-order chi connectivity index (χ1) is 10.7. The van der Waals surface area contributed by atoms with E-state index in [-0.39, 0.29) is 6.04 Å². The summed E-state index contributed by atoms with van der Waals surface area (Å²) in [6.07, 6.45) is 0. The number of hydrogen-bond donors (Lipinski definition) is 2. The molecule has 0 saturated heterocycles. The molecular formula is C17H17ClN4. The van der Waals surface area contributed by atoms with E-state index >= 15 is 0 Å². The van der Waals surface area contributed by atoms with Gasteiger partial charge in [-0.15, -0.1) is 0 Å². The highest BCUT2D eigenvalue weighted by Crippen LogP contribution is 2.19. The Bertz CT molecular complexity index is 722. The third-order valence-electron chi connectivity index (χ3n) is 3.43. The summed E-state index contributed by atoms with van der Waals surface area (Å²) in [6, 6.07) is 18.0. The summed E-state index contributed by atoms with van der Waals surface area (Å²) in [7, 11) is 0. The van der Waals surface area contributed by atoms with Crippen LogP contribution in [0.4, 0.5) is 0 Å². The van der Waals surface area contributed by atoms with E-state index in [4.69, 9.17) is 11.6 Å². The summed E-state index contributed by atoms with van der Waals surface area (Å²) in [5.41, 5.74) is 2.30. The van der Waals surface area contributed by atoms with Gasteiger partial charge in [0.05, 0.1) is 6.04 Å². The van der Waals surface area contributed by atoms with E-state index in [0.717, 1.165) is 27.8 Å². The van der Waals surface area contributed by atoms with Crippen LogP contribution in [0.1, 0.15) is 28.8 Å². The van der Waals surface area contributed by atoms with E-state index < -0.39 is 0 Å². The summed E-state index contributed by atoms with van der Waals surface area (Å²) in [4.78, 5) is 4.46. The van der Waals surface area contributed by atoms with Gasteiger partial charge in [-0.1, -0.05) is 54.1 Å². The number of aryl methyl sites for hydroxylation is 1. The van der Waals surface area contributed by atoms with Gasteiger partial charge in [0, 0.05) is 11.6 Å². The van der Waals surface area contributed by atoms with Crippen LogP contribution >= 0.6 is 11.6 Å². The third kappa shape index (κ3) is 3.53. The average molecular weight is 313 g/mol. The van der Waals surface area contributed by atoms with E-state index in [1.807, 2.05) is 49.4 Å². The first-order valence-corrected chi connectivity index (χ1v) is 7.52. The van der Waals surface area contributed by atoms with Crippen molar-refractivity contribution >= 4 is 11.6 Å². The summed E-state index contributed by atoms with van der Waals surface area (Å²) >= 11 is 5.92. The fourth-order valence-electron chi connectivity index (χ4n) is 2.31. The van der Waals surface area contributed by atoms with Gasteiger partial charge in [0.2, 0.25) is 0 Å². The Labute approximate surface area is 134 Å². The van der Waals surface area contributed by atoms with Gasteiger partial charge in [-0.2, -0.15) is 5.10 Å². The Morgan fingerprint density at radius 1 is 1.09 bits per heavy atom. The molecule has 1 atom stereocenters. The molecule has 3 rings (SSSR count). The van der Waals surface area contributed by atoms with Gasteiger partial charge in [-0.25, -0.2) is 4.98 Å². The van der Waals surface area contributed by atoms with Crippen molar-refractivity contribution in [2.45, 2.75) is 19.5 Å². The van der Waals surface area contributed by atoms with Crippen LogP contribution in [0.25, 0.3) is 0 Å². The van der Waals surface area contributed by atoms with Gasteiger partial charge >= 0.3 is 0 Å². The Kier molecular flexibility index (Phi) is 4.51. The van der Waals surface area contributed by atoms with Crippen molar-refractivity contribution in [1.82, 2.24) is 20.5 Å². The largest absolute Gasteiger partial charge is 0.299 e. The molecule has 0 bridgehead atoms. The Morgan fingerprint density at radius 3 is 2.45 bits per heavy atom. The van der Waals surface area contributed by atoms with Gasteiger partial charge in [-0.3, -0.25) is 10.4 Å². The molecule has 2 N–H and O–H groups in total. The summed E-state index contributed by atoms with van der Waals surface area (Å²) < 4.78 is 0. The zero-order valence-electron chi connectivity index (χ0n) is 12.3. The van der Waals surface area contributed by atoms with Crippen LogP contribution in [0, 0.1) is 6.92 Å². The minimum absolute atomic E-state index is 0.0539. The normalized spacial score (nSPS) is 12.3. The van der Waals surface area contributed by atoms with Gasteiger partial charge in [0.1, 0.15) is 5.82 Å².